The van der Waals surface area contributed by atoms with Crippen molar-refractivity contribution in [2.24, 2.45) is 0 Å². The van der Waals surface area contributed by atoms with E-state index in [-0.39, 0.29) is 0 Å². The number of rotatable bonds is 2. The zero-order valence-electron chi connectivity index (χ0n) is 9.09. The molecule has 0 N–H and O–H groups in total. The lowest BCUT2D eigenvalue weighted by atomic mass is 10.2. The zero-order chi connectivity index (χ0) is 11.4. The summed E-state index contributed by atoms with van der Waals surface area (Å²) >= 11 is 9.23. The molecule has 0 aliphatic carbocycles. The fourth-order valence-electron chi connectivity index (χ4n) is 1.88. The lowest BCUT2D eigenvalue weighted by molar-refractivity contribution is 0.814. The molecule has 1 aromatic rings. The molecule has 0 bridgehead atoms. The maximum Gasteiger partial charge on any atom is 0.0511 e. The van der Waals surface area contributed by atoms with Crippen LogP contribution in [0.2, 0.25) is 0 Å². The molecule has 16 heavy (non-hydrogen) atoms. The van der Waals surface area contributed by atoms with Gasteiger partial charge in [-0.25, -0.2) is 0 Å². The number of anilines is 1. The van der Waals surface area contributed by atoms with Gasteiger partial charge >= 0.3 is 0 Å². The van der Waals surface area contributed by atoms with E-state index in [1.807, 2.05) is 0 Å². The minimum Gasteiger partial charge on any atom is -0.370 e. The van der Waals surface area contributed by atoms with E-state index in [0.29, 0.717) is 0 Å². The van der Waals surface area contributed by atoms with Crippen molar-refractivity contribution >= 4 is 49.3 Å². The number of hydrogen-bond acceptors (Lipinski definition) is 2. The van der Waals surface area contributed by atoms with Gasteiger partial charge in [-0.05, 0) is 45.8 Å². The first-order valence-corrected chi connectivity index (χ1v) is 8.55. The van der Waals surface area contributed by atoms with Gasteiger partial charge in [-0.3, -0.25) is 0 Å². The molecule has 2 rings (SSSR count). The fourth-order valence-corrected chi connectivity index (χ4v) is 3.79. The van der Waals surface area contributed by atoms with Crippen LogP contribution in [-0.2, 0) is 5.33 Å². The highest BCUT2D eigenvalue weighted by molar-refractivity contribution is 9.10. The van der Waals surface area contributed by atoms with Gasteiger partial charge in [0.1, 0.15) is 0 Å². The number of thioether (sulfide) groups is 1. The van der Waals surface area contributed by atoms with Crippen LogP contribution in [-0.4, -0.2) is 24.6 Å². The number of hydrogen-bond donors (Lipinski definition) is 0. The molecule has 0 radical (unpaired) electrons. The van der Waals surface area contributed by atoms with Crippen molar-refractivity contribution in [1.82, 2.24) is 0 Å². The van der Waals surface area contributed by atoms with E-state index in [0.717, 1.165) is 11.9 Å². The molecule has 0 aromatic heterocycles. The van der Waals surface area contributed by atoms with Crippen LogP contribution in [0.4, 0.5) is 5.69 Å². The first-order valence-electron chi connectivity index (χ1n) is 5.48. The first kappa shape index (κ1) is 12.8. The highest BCUT2D eigenvalue weighted by atomic mass is 79.9. The predicted octanol–water partition coefficient (Wildman–Crippen LogP) is 4.29. The molecule has 1 aliphatic heterocycles. The summed E-state index contributed by atoms with van der Waals surface area (Å²) in [5.41, 5.74) is 2.66. The summed E-state index contributed by atoms with van der Waals surface area (Å²) in [5, 5.41) is 0.918. The van der Waals surface area contributed by atoms with E-state index in [9.17, 15) is 0 Å². The maximum atomic E-state index is 3.68. The summed E-state index contributed by atoms with van der Waals surface area (Å²) in [4.78, 5) is 2.49. The van der Waals surface area contributed by atoms with Crippen molar-refractivity contribution in [3.63, 3.8) is 0 Å². The molecule has 1 aromatic carbocycles. The van der Waals surface area contributed by atoms with Crippen molar-refractivity contribution in [2.75, 3.05) is 29.5 Å². The van der Waals surface area contributed by atoms with Crippen molar-refractivity contribution in [2.45, 2.75) is 11.8 Å². The molecular weight excluding hydrogens is 350 g/mol. The Morgan fingerprint density at radius 2 is 2.12 bits per heavy atom. The van der Waals surface area contributed by atoms with E-state index in [1.165, 1.54) is 40.2 Å². The Bertz CT molecular complexity index is 349. The summed E-state index contributed by atoms with van der Waals surface area (Å²) < 4.78 is 1.22. The van der Waals surface area contributed by atoms with E-state index >= 15 is 0 Å². The quantitative estimate of drug-likeness (QED) is 0.720. The van der Waals surface area contributed by atoms with Gasteiger partial charge in [0.2, 0.25) is 0 Å². The second kappa shape index (κ2) is 6.31. The highest BCUT2D eigenvalue weighted by Crippen LogP contribution is 2.29. The van der Waals surface area contributed by atoms with Gasteiger partial charge in [0.15, 0.2) is 0 Å². The molecule has 1 aliphatic rings. The van der Waals surface area contributed by atoms with Crippen LogP contribution in [0.3, 0.4) is 0 Å². The Kier molecular flexibility index (Phi) is 5.04. The van der Waals surface area contributed by atoms with Crippen LogP contribution in [0.1, 0.15) is 12.0 Å². The fraction of sp³-hybridized carbons (Fsp3) is 0.500. The Hall–Kier alpha value is 0.330. The summed E-state index contributed by atoms with van der Waals surface area (Å²) in [6.45, 7) is 2.34. The minimum atomic E-state index is 0.918. The zero-order valence-corrected chi connectivity index (χ0v) is 13.1. The van der Waals surface area contributed by atoms with E-state index in [4.69, 9.17) is 0 Å². The van der Waals surface area contributed by atoms with Gasteiger partial charge < -0.3 is 4.90 Å². The Morgan fingerprint density at radius 1 is 1.25 bits per heavy atom. The van der Waals surface area contributed by atoms with E-state index < -0.39 is 0 Å². The average Bonchev–Trinajstić information content (AvgIpc) is 2.57. The van der Waals surface area contributed by atoms with Gasteiger partial charge in [-0.15, -0.1) is 0 Å². The standard InChI is InChI=1S/C12H15Br2NS/c13-9-10-2-3-12(11(14)8-10)15-4-1-6-16-7-5-15/h2-3,8H,1,4-7,9H2. The monoisotopic (exact) mass is 363 g/mol. The van der Waals surface area contributed by atoms with Crippen LogP contribution in [0.15, 0.2) is 22.7 Å². The number of halogens is 2. The third-order valence-electron chi connectivity index (χ3n) is 2.73. The van der Waals surface area contributed by atoms with Gasteiger partial charge in [-0.2, -0.15) is 11.8 Å². The Labute approximate surface area is 118 Å². The molecule has 1 nitrogen and oxygen atoms in total. The minimum absolute atomic E-state index is 0.918. The van der Waals surface area contributed by atoms with Crippen LogP contribution in [0.5, 0.6) is 0 Å². The SMILES string of the molecule is BrCc1ccc(N2CCCSCC2)c(Br)c1. The van der Waals surface area contributed by atoms with Crippen LogP contribution >= 0.6 is 43.6 Å². The van der Waals surface area contributed by atoms with Crippen molar-refractivity contribution in [3.05, 3.63) is 28.2 Å². The molecule has 1 heterocycles. The molecule has 0 spiro atoms. The van der Waals surface area contributed by atoms with Gasteiger partial charge in [-0.1, -0.05) is 22.0 Å². The normalized spacial score (nSPS) is 17.2. The largest absolute Gasteiger partial charge is 0.370 e. The molecule has 88 valence electrons. The second-order valence-corrected chi connectivity index (χ2v) is 6.51. The van der Waals surface area contributed by atoms with Crippen LogP contribution in [0, 0.1) is 0 Å². The lowest BCUT2D eigenvalue weighted by Crippen LogP contribution is -2.25. The van der Waals surface area contributed by atoms with Crippen LogP contribution in [0.25, 0.3) is 0 Å². The highest BCUT2D eigenvalue weighted by Gasteiger charge is 2.12. The first-order chi connectivity index (χ1) is 7.81. The molecule has 0 amide bonds. The third kappa shape index (κ3) is 3.17. The molecule has 0 saturated carbocycles. The van der Waals surface area contributed by atoms with Gasteiger partial charge in [0.05, 0.1) is 5.69 Å². The van der Waals surface area contributed by atoms with Crippen molar-refractivity contribution in [3.8, 4) is 0 Å². The number of benzene rings is 1. The summed E-state index contributed by atoms with van der Waals surface area (Å²) in [5.74, 6) is 2.54. The summed E-state index contributed by atoms with van der Waals surface area (Å²) in [7, 11) is 0. The summed E-state index contributed by atoms with van der Waals surface area (Å²) in [6, 6.07) is 6.64. The second-order valence-electron chi connectivity index (χ2n) is 3.87. The molecule has 1 saturated heterocycles. The molecule has 4 heteroatoms. The molecule has 0 unspecified atom stereocenters. The van der Waals surface area contributed by atoms with Gasteiger partial charge in [0, 0.05) is 28.6 Å². The number of alkyl halides is 1. The summed E-state index contributed by atoms with van der Waals surface area (Å²) in [6.07, 6.45) is 1.29. The smallest absolute Gasteiger partial charge is 0.0511 e. The lowest BCUT2D eigenvalue weighted by Gasteiger charge is -2.23. The molecule has 1 fully saturated rings. The molecular formula is C12H15Br2NS. The average molecular weight is 365 g/mol. The molecule has 0 atom stereocenters. The number of nitrogens with zero attached hydrogens (tertiary/aromatic N) is 1. The predicted molar refractivity (Wildman–Crippen MR) is 80.9 cm³/mol. The Morgan fingerprint density at radius 3 is 2.88 bits per heavy atom. The third-order valence-corrected chi connectivity index (χ3v) is 5.06. The van der Waals surface area contributed by atoms with Crippen molar-refractivity contribution < 1.29 is 0 Å². The topological polar surface area (TPSA) is 3.24 Å². The Balaban J connectivity index is 2.18. The van der Waals surface area contributed by atoms with Gasteiger partial charge in [0.25, 0.3) is 0 Å². The maximum absolute atomic E-state index is 3.68. The van der Waals surface area contributed by atoms with Crippen LogP contribution < -0.4 is 4.90 Å². The van der Waals surface area contributed by atoms with E-state index in [2.05, 4.69) is 66.7 Å². The van der Waals surface area contributed by atoms with E-state index in [1.54, 1.807) is 0 Å². The van der Waals surface area contributed by atoms with Crippen molar-refractivity contribution in [1.29, 1.82) is 0 Å².